The average Bonchev–Trinajstić information content (AvgIpc) is 3.32. The standard InChI is InChI=1S/C31H33FN4O/c1-20-26-13-12-25-28(24-10-6-7-11-27(24)32)34-36(30(25)31(26,2)18-21(19-33)29(20)37)23-14-16-35(17-15-23)22-8-4-3-5-9-22/h3-11,20,23,26,37H,12-18H2,1-2H3/t20-,26-,31-/m1/s1. The molecule has 2 heterocycles. The Morgan fingerprint density at radius 2 is 1.76 bits per heavy atom. The first kappa shape index (κ1) is 23.8. The van der Waals surface area contributed by atoms with Crippen LogP contribution in [0.25, 0.3) is 11.3 Å². The number of benzene rings is 2. The van der Waals surface area contributed by atoms with Gasteiger partial charge in [0.15, 0.2) is 0 Å². The molecule has 37 heavy (non-hydrogen) atoms. The normalized spacial score (nSPS) is 25.9. The fraction of sp³-hybridized carbons (Fsp3) is 0.419. The Bertz CT molecular complexity index is 1400. The van der Waals surface area contributed by atoms with Gasteiger partial charge < -0.3 is 10.0 Å². The van der Waals surface area contributed by atoms with Gasteiger partial charge in [-0.2, -0.15) is 10.4 Å². The molecule has 0 saturated carbocycles. The lowest BCUT2D eigenvalue weighted by Gasteiger charge is -2.48. The van der Waals surface area contributed by atoms with Gasteiger partial charge in [0.2, 0.25) is 0 Å². The van der Waals surface area contributed by atoms with Crippen molar-refractivity contribution in [3.8, 4) is 17.3 Å². The molecular formula is C31H33FN4O. The van der Waals surface area contributed by atoms with Gasteiger partial charge in [-0.05, 0) is 62.3 Å². The number of allylic oxidation sites excluding steroid dienone is 2. The molecule has 1 aliphatic heterocycles. The number of aromatic nitrogens is 2. The maximum absolute atomic E-state index is 15.1. The Labute approximate surface area is 217 Å². The van der Waals surface area contributed by atoms with Crippen LogP contribution in [-0.4, -0.2) is 28.0 Å². The van der Waals surface area contributed by atoms with E-state index in [-0.39, 0.29) is 34.9 Å². The van der Waals surface area contributed by atoms with Gasteiger partial charge >= 0.3 is 0 Å². The van der Waals surface area contributed by atoms with E-state index in [9.17, 15) is 10.4 Å². The third kappa shape index (κ3) is 3.75. The highest BCUT2D eigenvalue weighted by molar-refractivity contribution is 5.66. The molecule has 1 saturated heterocycles. The third-order valence-corrected chi connectivity index (χ3v) is 9.16. The summed E-state index contributed by atoms with van der Waals surface area (Å²) in [4.78, 5) is 2.42. The summed E-state index contributed by atoms with van der Waals surface area (Å²) in [5.41, 5.74) is 4.90. The second-order valence-electron chi connectivity index (χ2n) is 11.2. The first-order valence-electron chi connectivity index (χ1n) is 13.4. The van der Waals surface area contributed by atoms with Crippen molar-refractivity contribution < 1.29 is 9.50 Å². The molecule has 190 valence electrons. The fourth-order valence-corrected chi connectivity index (χ4v) is 7.28. The second kappa shape index (κ2) is 9.06. The van der Waals surface area contributed by atoms with Crippen LogP contribution in [0.3, 0.4) is 0 Å². The number of nitriles is 1. The van der Waals surface area contributed by atoms with E-state index in [2.05, 4.69) is 46.8 Å². The molecule has 1 aromatic heterocycles. The van der Waals surface area contributed by atoms with Crippen LogP contribution in [0.1, 0.15) is 56.8 Å². The van der Waals surface area contributed by atoms with Crippen molar-refractivity contribution in [2.75, 3.05) is 18.0 Å². The molecule has 1 N–H and O–H groups in total. The molecule has 1 fully saturated rings. The number of fused-ring (bicyclic) bond motifs is 3. The Kier molecular flexibility index (Phi) is 5.82. The van der Waals surface area contributed by atoms with Crippen LogP contribution in [0, 0.1) is 29.0 Å². The zero-order valence-corrected chi connectivity index (χ0v) is 21.5. The lowest BCUT2D eigenvalue weighted by molar-refractivity contribution is 0.128. The van der Waals surface area contributed by atoms with E-state index in [4.69, 9.17) is 5.10 Å². The predicted molar refractivity (Wildman–Crippen MR) is 143 cm³/mol. The van der Waals surface area contributed by atoms with Crippen LogP contribution in [-0.2, 0) is 11.8 Å². The van der Waals surface area contributed by atoms with Crippen LogP contribution in [0.15, 0.2) is 65.9 Å². The molecule has 3 aromatic rings. The van der Waals surface area contributed by atoms with Gasteiger partial charge in [-0.25, -0.2) is 4.39 Å². The zero-order valence-electron chi connectivity index (χ0n) is 21.5. The highest BCUT2D eigenvalue weighted by Crippen LogP contribution is 2.55. The van der Waals surface area contributed by atoms with E-state index in [0.29, 0.717) is 17.6 Å². The highest BCUT2D eigenvalue weighted by atomic mass is 19.1. The van der Waals surface area contributed by atoms with Crippen LogP contribution in [0.2, 0.25) is 0 Å². The SMILES string of the molecule is C[C@H]1C(O)=C(C#N)C[C@@]2(C)c3c(c(-c4ccccc4F)nn3C3CCN(c4ccccc4)CC3)CC[C@H]12. The Morgan fingerprint density at radius 1 is 1.05 bits per heavy atom. The summed E-state index contributed by atoms with van der Waals surface area (Å²) in [6.45, 7) is 6.13. The van der Waals surface area contributed by atoms with Crippen LogP contribution >= 0.6 is 0 Å². The maximum Gasteiger partial charge on any atom is 0.132 e. The summed E-state index contributed by atoms with van der Waals surface area (Å²) in [7, 11) is 0. The van der Waals surface area contributed by atoms with Gasteiger partial charge in [0.05, 0.1) is 23.4 Å². The molecular weight excluding hydrogens is 463 g/mol. The van der Waals surface area contributed by atoms with Gasteiger partial charge in [-0.3, -0.25) is 4.68 Å². The summed E-state index contributed by atoms with van der Waals surface area (Å²) in [5.74, 6) is 0.0885. The summed E-state index contributed by atoms with van der Waals surface area (Å²) < 4.78 is 17.3. The minimum absolute atomic E-state index is 0.0956. The topological polar surface area (TPSA) is 65.1 Å². The van der Waals surface area contributed by atoms with Crippen molar-refractivity contribution >= 4 is 5.69 Å². The Balaban J connectivity index is 1.45. The van der Waals surface area contributed by atoms with E-state index in [0.717, 1.165) is 55.7 Å². The number of para-hydroxylation sites is 1. The number of aliphatic hydroxyl groups is 1. The third-order valence-electron chi connectivity index (χ3n) is 9.16. The van der Waals surface area contributed by atoms with E-state index in [1.165, 1.54) is 11.8 Å². The largest absolute Gasteiger partial charge is 0.511 e. The number of piperidine rings is 1. The van der Waals surface area contributed by atoms with Crippen LogP contribution < -0.4 is 4.90 Å². The highest BCUT2D eigenvalue weighted by Gasteiger charge is 2.51. The van der Waals surface area contributed by atoms with Crippen molar-refractivity contribution in [1.29, 1.82) is 5.26 Å². The lowest BCUT2D eigenvalue weighted by atomic mass is 9.56. The molecule has 0 unspecified atom stereocenters. The Morgan fingerprint density at radius 3 is 2.46 bits per heavy atom. The quantitative estimate of drug-likeness (QED) is 0.437. The van der Waals surface area contributed by atoms with Crippen LogP contribution in [0.5, 0.6) is 0 Å². The van der Waals surface area contributed by atoms with Gasteiger partial charge in [-0.1, -0.05) is 44.2 Å². The molecule has 2 aliphatic carbocycles. The molecule has 0 bridgehead atoms. The van der Waals surface area contributed by atoms with E-state index in [1.54, 1.807) is 6.07 Å². The van der Waals surface area contributed by atoms with Crippen molar-refractivity contribution in [2.45, 2.75) is 57.4 Å². The van der Waals surface area contributed by atoms with Gasteiger partial charge in [0.1, 0.15) is 11.6 Å². The van der Waals surface area contributed by atoms with Crippen molar-refractivity contribution in [3.05, 3.63) is 83.0 Å². The second-order valence-corrected chi connectivity index (χ2v) is 11.2. The predicted octanol–water partition coefficient (Wildman–Crippen LogP) is 6.73. The number of halogens is 1. The number of anilines is 1. The molecule has 3 aliphatic rings. The number of hydrogen-bond donors (Lipinski definition) is 1. The van der Waals surface area contributed by atoms with E-state index >= 15 is 4.39 Å². The smallest absolute Gasteiger partial charge is 0.132 e. The van der Waals surface area contributed by atoms with Crippen LogP contribution in [0.4, 0.5) is 10.1 Å². The average molecular weight is 497 g/mol. The van der Waals surface area contributed by atoms with E-state index in [1.807, 2.05) is 25.1 Å². The minimum atomic E-state index is -0.350. The first-order chi connectivity index (χ1) is 17.9. The molecule has 6 rings (SSSR count). The first-order valence-corrected chi connectivity index (χ1v) is 13.4. The zero-order chi connectivity index (χ0) is 25.7. The molecule has 0 spiro atoms. The van der Waals surface area contributed by atoms with Crippen molar-refractivity contribution in [2.24, 2.45) is 11.8 Å². The Hall–Kier alpha value is -3.59. The lowest BCUT2D eigenvalue weighted by Crippen LogP contribution is -2.46. The summed E-state index contributed by atoms with van der Waals surface area (Å²) >= 11 is 0. The maximum atomic E-state index is 15.1. The van der Waals surface area contributed by atoms with Crippen molar-refractivity contribution in [3.63, 3.8) is 0 Å². The number of hydrogen-bond acceptors (Lipinski definition) is 4. The van der Waals surface area contributed by atoms with Gasteiger partial charge in [-0.15, -0.1) is 0 Å². The summed E-state index contributed by atoms with van der Waals surface area (Å²) in [6, 6.07) is 19.9. The number of nitrogens with zero attached hydrogens (tertiary/aromatic N) is 4. The molecule has 2 aromatic carbocycles. The molecule has 0 amide bonds. The van der Waals surface area contributed by atoms with E-state index < -0.39 is 0 Å². The van der Waals surface area contributed by atoms with Gasteiger partial charge in [0, 0.05) is 46.9 Å². The summed E-state index contributed by atoms with van der Waals surface area (Å²) in [5, 5.41) is 25.8. The number of aliphatic hydroxyl groups excluding tert-OH is 1. The number of rotatable bonds is 3. The fourth-order valence-electron chi connectivity index (χ4n) is 7.28. The molecule has 0 radical (unpaired) electrons. The monoisotopic (exact) mass is 496 g/mol. The molecule has 5 nitrogen and oxygen atoms in total. The van der Waals surface area contributed by atoms with Gasteiger partial charge in [0.25, 0.3) is 0 Å². The molecule has 3 atom stereocenters. The summed E-state index contributed by atoms with van der Waals surface area (Å²) in [6.07, 6.45) is 4.06. The minimum Gasteiger partial charge on any atom is -0.511 e. The molecule has 6 heteroatoms. The van der Waals surface area contributed by atoms with Crippen molar-refractivity contribution in [1.82, 2.24) is 9.78 Å².